The Morgan fingerprint density at radius 2 is 1.97 bits per heavy atom. The zero-order valence-electron chi connectivity index (χ0n) is 18.4. The number of pyridine rings is 1. The fourth-order valence-electron chi connectivity index (χ4n) is 3.77. The number of esters is 1. The summed E-state index contributed by atoms with van der Waals surface area (Å²) in [6.45, 7) is 8.34. The van der Waals surface area contributed by atoms with Gasteiger partial charge in [0.05, 0.1) is 26.9 Å². The summed E-state index contributed by atoms with van der Waals surface area (Å²) in [6.07, 6.45) is 3.04. The molecule has 33 heavy (non-hydrogen) atoms. The maximum atomic E-state index is 13.1. The van der Waals surface area contributed by atoms with Gasteiger partial charge in [-0.1, -0.05) is 48.7 Å². The van der Waals surface area contributed by atoms with Gasteiger partial charge >= 0.3 is 5.97 Å². The molecule has 1 aliphatic heterocycles. The third-order valence-corrected chi connectivity index (χ3v) is 6.71. The molecule has 3 heterocycles. The van der Waals surface area contributed by atoms with Gasteiger partial charge in [0.1, 0.15) is 17.0 Å². The van der Waals surface area contributed by atoms with Gasteiger partial charge in [0.25, 0.3) is 0 Å². The summed E-state index contributed by atoms with van der Waals surface area (Å²) in [5.41, 5.74) is 2.24. The number of carbonyl (C=O) groups excluding carboxylic acids is 1. The Hall–Kier alpha value is -2.06. The highest BCUT2D eigenvalue weighted by atomic mass is 35.5. The molecule has 0 aliphatic carbocycles. The number of ether oxygens (including phenoxy) is 1. The van der Waals surface area contributed by atoms with Gasteiger partial charge in [0, 0.05) is 35.8 Å². The van der Waals surface area contributed by atoms with Crippen LogP contribution in [0.5, 0.6) is 5.75 Å². The number of hydrogen-bond acceptors (Lipinski definition) is 6. The molecule has 0 radical (unpaired) electrons. The normalized spacial score (nSPS) is 15.3. The summed E-state index contributed by atoms with van der Waals surface area (Å²) in [7, 11) is 0. The molecule has 0 fully saturated rings. The third kappa shape index (κ3) is 5.06. The van der Waals surface area contributed by atoms with Crippen molar-refractivity contribution < 1.29 is 13.7 Å². The third-order valence-electron chi connectivity index (χ3n) is 5.07. The summed E-state index contributed by atoms with van der Waals surface area (Å²) in [6, 6.07) is 6.90. The first-order valence-electron chi connectivity index (χ1n) is 10.2. The van der Waals surface area contributed by atoms with Crippen molar-refractivity contribution in [2.75, 3.05) is 6.54 Å². The molecule has 0 atom stereocenters. The van der Waals surface area contributed by atoms with Crippen LogP contribution in [0.2, 0.25) is 15.1 Å². The average Bonchev–Trinajstić information content (AvgIpc) is 3.05. The molecule has 10 heteroatoms. The van der Waals surface area contributed by atoms with Gasteiger partial charge in [-0.05, 0) is 37.6 Å². The van der Waals surface area contributed by atoms with Crippen molar-refractivity contribution >= 4 is 69.6 Å². The molecule has 0 saturated heterocycles. The molecule has 0 amide bonds. The Bertz CT molecular complexity index is 1260. The molecule has 0 spiro atoms. The van der Waals surface area contributed by atoms with Crippen molar-refractivity contribution in [3.63, 3.8) is 0 Å². The molecule has 0 unspecified atom stereocenters. The fourth-order valence-corrected chi connectivity index (χ4v) is 5.03. The second kappa shape index (κ2) is 9.29. The van der Waals surface area contributed by atoms with Crippen molar-refractivity contribution in [2.24, 2.45) is 0 Å². The van der Waals surface area contributed by atoms with Crippen LogP contribution >= 0.6 is 47.0 Å². The topological polar surface area (TPSA) is 67.4 Å². The fraction of sp³-hybridized carbons (Fsp3) is 0.304. The summed E-state index contributed by atoms with van der Waals surface area (Å²) in [5.74, 6) is 0.0952. The first kappa shape index (κ1) is 24.1. The molecule has 0 saturated carbocycles. The van der Waals surface area contributed by atoms with E-state index in [2.05, 4.69) is 23.8 Å². The van der Waals surface area contributed by atoms with Crippen molar-refractivity contribution in [1.29, 1.82) is 0 Å². The lowest BCUT2D eigenvalue weighted by Crippen LogP contribution is -2.30. The molecular weight excluding hydrogens is 505 g/mol. The SMILES string of the molecule is CC(C)OC(=O)C1=CN(SOc2ccc(Cl)c(Cl)c2)CC(C)(C)c2c1[nH]c1ncc(Cl)cc21. The first-order chi connectivity index (χ1) is 15.5. The average molecular weight is 527 g/mol. The van der Waals surface area contributed by atoms with Crippen LogP contribution in [-0.2, 0) is 14.9 Å². The molecule has 3 aromatic rings. The number of fused-ring (bicyclic) bond motifs is 3. The van der Waals surface area contributed by atoms with Crippen molar-refractivity contribution in [3.05, 3.63) is 63.0 Å². The molecule has 1 aromatic carbocycles. The van der Waals surface area contributed by atoms with Gasteiger partial charge in [0.15, 0.2) is 12.2 Å². The van der Waals surface area contributed by atoms with Crippen LogP contribution in [0.4, 0.5) is 0 Å². The van der Waals surface area contributed by atoms with Crippen molar-refractivity contribution in [2.45, 2.75) is 39.2 Å². The Morgan fingerprint density at radius 3 is 2.67 bits per heavy atom. The molecule has 174 valence electrons. The number of aromatic amines is 1. The summed E-state index contributed by atoms with van der Waals surface area (Å²) < 4.78 is 13.3. The summed E-state index contributed by atoms with van der Waals surface area (Å²) in [4.78, 5) is 20.8. The van der Waals surface area contributed by atoms with Gasteiger partial charge in [-0.15, -0.1) is 0 Å². The minimum absolute atomic E-state index is 0.274. The molecular formula is C23H22Cl3N3O3S. The molecule has 2 aromatic heterocycles. The maximum Gasteiger partial charge on any atom is 0.342 e. The van der Waals surface area contributed by atoms with E-state index in [0.717, 1.165) is 23.2 Å². The van der Waals surface area contributed by atoms with E-state index in [1.54, 1.807) is 30.6 Å². The van der Waals surface area contributed by atoms with Crippen LogP contribution in [0.3, 0.4) is 0 Å². The standard InChI is InChI=1S/C23H22Cl3N3O3S/c1-12(2)31-22(30)16-10-29(33-32-14-5-6-17(25)18(26)8-14)11-23(3,4)19-15-7-13(24)9-27-21(15)28-20(16)19/h5-10,12H,11H2,1-4H3,(H,27,28). The van der Waals surface area contributed by atoms with E-state index < -0.39 is 11.4 Å². The Kier molecular flexibility index (Phi) is 6.78. The van der Waals surface area contributed by atoms with Gasteiger partial charge in [0.2, 0.25) is 0 Å². The minimum atomic E-state index is -0.443. The predicted octanol–water partition coefficient (Wildman–Crippen LogP) is 7.05. The molecule has 0 bridgehead atoms. The largest absolute Gasteiger partial charge is 0.459 e. The monoisotopic (exact) mass is 525 g/mol. The zero-order chi connectivity index (χ0) is 23.9. The highest BCUT2D eigenvalue weighted by molar-refractivity contribution is 7.92. The number of nitrogens with zero attached hydrogens (tertiary/aromatic N) is 2. The quantitative estimate of drug-likeness (QED) is 0.218. The zero-order valence-corrected chi connectivity index (χ0v) is 21.5. The van der Waals surface area contributed by atoms with E-state index in [-0.39, 0.29) is 6.10 Å². The maximum absolute atomic E-state index is 13.1. The lowest BCUT2D eigenvalue weighted by molar-refractivity contribution is -0.140. The van der Waals surface area contributed by atoms with Gasteiger partial charge in [-0.3, -0.25) is 4.31 Å². The number of aromatic nitrogens is 2. The van der Waals surface area contributed by atoms with E-state index in [4.69, 9.17) is 43.7 Å². The summed E-state index contributed by atoms with van der Waals surface area (Å²) in [5, 5.41) is 2.23. The summed E-state index contributed by atoms with van der Waals surface area (Å²) >= 11 is 19.5. The van der Waals surface area contributed by atoms with Crippen molar-refractivity contribution in [3.8, 4) is 5.75 Å². The van der Waals surface area contributed by atoms with Crippen molar-refractivity contribution in [1.82, 2.24) is 14.3 Å². The second-order valence-electron chi connectivity index (χ2n) is 8.61. The van der Waals surface area contributed by atoms with Gasteiger partial charge in [-0.25, -0.2) is 9.78 Å². The van der Waals surface area contributed by atoms with E-state index in [0.29, 0.717) is 44.3 Å². The highest BCUT2D eigenvalue weighted by Crippen LogP contribution is 2.42. The second-order valence-corrected chi connectivity index (χ2v) is 10.6. The number of benzene rings is 1. The van der Waals surface area contributed by atoms with Gasteiger partial charge < -0.3 is 13.9 Å². The number of hydrogen-bond donors (Lipinski definition) is 1. The molecule has 6 nitrogen and oxygen atoms in total. The van der Waals surface area contributed by atoms with Crippen LogP contribution in [0.15, 0.2) is 36.7 Å². The van der Waals surface area contributed by atoms with E-state index >= 15 is 0 Å². The smallest absolute Gasteiger partial charge is 0.342 e. The Morgan fingerprint density at radius 1 is 1.21 bits per heavy atom. The number of carbonyl (C=O) groups is 1. The lowest BCUT2D eigenvalue weighted by Gasteiger charge is -2.29. The van der Waals surface area contributed by atoms with Crippen LogP contribution in [0.1, 0.15) is 39.0 Å². The van der Waals surface area contributed by atoms with E-state index in [9.17, 15) is 4.79 Å². The van der Waals surface area contributed by atoms with Crippen LogP contribution in [0.25, 0.3) is 16.6 Å². The predicted molar refractivity (Wildman–Crippen MR) is 135 cm³/mol. The van der Waals surface area contributed by atoms with E-state index in [1.807, 2.05) is 24.2 Å². The highest BCUT2D eigenvalue weighted by Gasteiger charge is 2.37. The van der Waals surface area contributed by atoms with Crippen LogP contribution in [0, 0.1) is 0 Å². The molecule has 1 N–H and O–H groups in total. The first-order valence-corrected chi connectivity index (χ1v) is 12.1. The minimum Gasteiger partial charge on any atom is -0.459 e. The number of halogens is 3. The number of rotatable bonds is 5. The number of H-pyrrole nitrogens is 1. The Labute approximate surface area is 211 Å². The Balaban J connectivity index is 1.76. The number of nitrogens with one attached hydrogen (secondary N) is 1. The lowest BCUT2D eigenvalue weighted by atomic mass is 9.82. The molecule has 1 aliphatic rings. The molecule has 4 rings (SSSR count). The van der Waals surface area contributed by atoms with E-state index in [1.165, 1.54) is 0 Å². The van der Waals surface area contributed by atoms with Crippen LogP contribution < -0.4 is 4.18 Å². The van der Waals surface area contributed by atoms with Crippen LogP contribution in [-0.4, -0.2) is 32.9 Å². The van der Waals surface area contributed by atoms with Gasteiger partial charge in [-0.2, -0.15) is 0 Å².